The van der Waals surface area contributed by atoms with Crippen molar-refractivity contribution in [2.75, 3.05) is 6.61 Å². The van der Waals surface area contributed by atoms with Gasteiger partial charge in [0, 0.05) is 6.61 Å². The third-order valence-corrected chi connectivity index (χ3v) is 9.52. The highest BCUT2D eigenvalue weighted by molar-refractivity contribution is 5.13. The van der Waals surface area contributed by atoms with Gasteiger partial charge in [0.25, 0.3) is 0 Å². The second kappa shape index (κ2) is 5.73. The predicted octanol–water partition coefficient (Wildman–Crippen LogP) is 6.46. The molecule has 4 aliphatic carbocycles. The van der Waals surface area contributed by atoms with Gasteiger partial charge in [-0.25, -0.2) is 0 Å². The van der Waals surface area contributed by atoms with Crippen LogP contribution in [0.5, 0.6) is 0 Å². The molecule has 0 saturated heterocycles. The van der Waals surface area contributed by atoms with Gasteiger partial charge in [-0.3, -0.25) is 0 Å². The Balaban J connectivity index is 1.69. The molecule has 7 atom stereocenters. The van der Waals surface area contributed by atoms with Crippen LogP contribution >= 0.6 is 0 Å². The van der Waals surface area contributed by atoms with Crippen LogP contribution in [0, 0.1) is 39.9 Å². The lowest BCUT2D eigenvalue weighted by atomic mass is 9.40. The molecule has 138 valence electrons. The van der Waals surface area contributed by atoms with Crippen LogP contribution in [0.4, 0.5) is 0 Å². The van der Waals surface area contributed by atoms with Gasteiger partial charge >= 0.3 is 0 Å². The molecule has 4 saturated carbocycles. The van der Waals surface area contributed by atoms with E-state index >= 15 is 0 Å². The molecule has 0 N–H and O–H groups in total. The highest BCUT2D eigenvalue weighted by atomic mass is 16.5. The fraction of sp³-hybridized carbons (Fsp3) is 1.00. The van der Waals surface area contributed by atoms with Crippen LogP contribution in [0.1, 0.15) is 92.4 Å². The van der Waals surface area contributed by atoms with Crippen LogP contribution in [0.3, 0.4) is 0 Å². The number of ether oxygens (including phenoxy) is 1. The van der Waals surface area contributed by atoms with Gasteiger partial charge in [0.2, 0.25) is 0 Å². The normalized spacial score (nSPS) is 53.1. The van der Waals surface area contributed by atoms with Crippen molar-refractivity contribution in [2.24, 2.45) is 39.9 Å². The Kier molecular flexibility index (Phi) is 4.15. The number of hydrogen-bond donors (Lipinski definition) is 0. The lowest BCUT2D eigenvalue weighted by Gasteiger charge is -2.65. The Morgan fingerprint density at radius 3 is 2.33 bits per heavy atom. The summed E-state index contributed by atoms with van der Waals surface area (Å²) >= 11 is 0. The topological polar surface area (TPSA) is 9.23 Å². The molecule has 0 aliphatic heterocycles. The summed E-state index contributed by atoms with van der Waals surface area (Å²) in [6, 6.07) is 0. The molecule has 1 nitrogen and oxygen atoms in total. The minimum atomic E-state index is 0.451. The van der Waals surface area contributed by atoms with E-state index in [1.54, 1.807) is 0 Å². The first-order valence-electron chi connectivity index (χ1n) is 10.9. The summed E-state index contributed by atoms with van der Waals surface area (Å²) in [5.41, 5.74) is 1.62. The summed E-state index contributed by atoms with van der Waals surface area (Å²) in [6.07, 6.45) is 13.6. The Bertz CT molecular complexity index is 482. The van der Waals surface area contributed by atoms with Crippen molar-refractivity contribution < 1.29 is 4.74 Å². The Labute approximate surface area is 150 Å². The van der Waals surface area contributed by atoms with Gasteiger partial charge in [0.05, 0.1) is 6.10 Å². The van der Waals surface area contributed by atoms with Crippen molar-refractivity contribution in [2.45, 2.75) is 98.5 Å². The molecule has 0 amide bonds. The van der Waals surface area contributed by atoms with Gasteiger partial charge in [0.15, 0.2) is 0 Å². The summed E-state index contributed by atoms with van der Waals surface area (Å²) in [6.45, 7) is 13.6. The molecule has 4 fully saturated rings. The summed E-state index contributed by atoms with van der Waals surface area (Å²) in [4.78, 5) is 0. The van der Waals surface area contributed by atoms with Crippen molar-refractivity contribution in [3.05, 3.63) is 0 Å². The van der Waals surface area contributed by atoms with Gasteiger partial charge in [-0.05, 0) is 91.8 Å². The maximum atomic E-state index is 6.25. The molecule has 1 heteroatoms. The summed E-state index contributed by atoms with van der Waals surface area (Å²) in [5.74, 6) is 3.81. The van der Waals surface area contributed by atoms with E-state index in [2.05, 4.69) is 34.6 Å². The highest BCUT2D eigenvalue weighted by Crippen LogP contribution is 2.70. The molecule has 0 aromatic carbocycles. The quantitative estimate of drug-likeness (QED) is 0.564. The average molecular weight is 333 g/mol. The first kappa shape index (κ1) is 17.4. The number of rotatable bonds is 2. The largest absolute Gasteiger partial charge is 0.378 e. The van der Waals surface area contributed by atoms with E-state index in [4.69, 9.17) is 4.74 Å². The average Bonchev–Trinajstić information content (AvgIpc) is 2.85. The van der Waals surface area contributed by atoms with E-state index in [-0.39, 0.29) is 0 Å². The zero-order valence-corrected chi connectivity index (χ0v) is 16.9. The fourth-order valence-electron chi connectivity index (χ4n) is 8.42. The molecule has 0 bridgehead atoms. The van der Waals surface area contributed by atoms with Crippen LogP contribution < -0.4 is 0 Å². The van der Waals surface area contributed by atoms with E-state index in [1.165, 1.54) is 57.8 Å². The molecule has 0 radical (unpaired) electrons. The van der Waals surface area contributed by atoms with Crippen molar-refractivity contribution in [3.63, 3.8) is 0 Å². The molecular weight excluding hydrogens is 292 g/mol. The summed E-state index contributed by atoms with van der Waals surface area (Å²) < 4.78 is 6.25. The smallest absolute Gasteiger partial charge is 0.0631 e. The van der Waals surface area contributed by atoms with E-state index in [0.717, 1.165) is 30.3 Å². The molecule has 0 aromatic heterocycles. The molecule has 2 unspecified atom stereocenters. The first-order valence-corrected chi connectivity index (χ1v) is 10.9. The number of hydrogen-bond acceptors (Lipinski definition) is 1. The van der Waals surface area contributed by atoms with Crippen LogP contribution in [0.25, 0.3) is 0 Å². The Hall–Kier alpha value is -0.0400. The van der Waals surface area contributed by atoms with E-state index < -0.39 is 0 Å². The Morgan fingerprint density at radius 1 is 0.833 bits per heavy atom. The van der Waals surface area contributed by atoms with E-state index in [0.29, 0.717) is 22.3 Å². The van der Waals surface area contributed by atoms with Crippen LogP contribution in [0.15, 0.2) is 0 Å². The second-order valence-electron chi connectivity index (χ2n) is 10.9. The van der Waals surface area contributed by atoms with E-state index in [9.17, 15) is 0 Å². The first-order chi connectivity index (χ1) is 11.3. The monoisotopic (exact) mass is 332 g/mol. The number of fused-ring (bicyclic) bond motifs is 5. The van der Waals surface area contributed by atoms with Crippen molar-refractivity contribution in [1.82, 2.24) is 0 Å². The molecule has 0 aromatic rings. The van der Waals surface area contributed by atoms with Crippen LogP contribution in [-0.2, 0) is 4.74 Å². The predicted molar refractivity (Wildman–Crippen MR) is 101 cm³/mol. The second-order valence-corrected chi connectivity index (χ2v) is 10.9. The molecule has 24 heavy (non-hydrogen) atoms. The van der Waals surface area contributed by atoms with Crippen molar-refractivity contribution in [1.29, 1.82) is 0 Å². The fourth-order valence-corrected chi connectivity index (χ4v) is 8.42. The molecular formula is C23H40O. The summed E-state index contributed by atoms with van der Waals surface area (Å²) in [7, 11) is 0. The minimum Gasteiger partial charge on any atom is -0.378 e. The molecule has 0 heterocycles. The SMILES string of the molecule is CCOC1CC[C@H]2[C@H]3[C@@H](CC[C@]12C)[C@@]1(C)CCCCC1CC3(C)C. The van der Waals surface area contributed by atoms with Crippen molar-refractivity contribution in [3.8, 4) is 0 Å². The maximum absolute atomic E-state index is 6.25. The lowest BCUT2D eigenvalue weighted by Crippen LogP contribution is -2.59. The zero-order valence-electron chi connectivity index (χ0n) is 16.9. The highest BCUT2D eigenvalue weighted by Gasteiger charge is 2.64. The Morgan fingerprint density at radius 2 is 1.58 bits per heavy atom. The zero-order chi connectivity index (χ0) is 17.2. The lowest BCUT2D eigenvalue weighted by molar-refractivity contribution is -0.175. The molecule has 0 spiro atoms. The maximum Gasteiger partial charge on any atom is 0.0631 e. The van der Waals surface area contributed by atoms with Crippen molar-refractivity contribution >= 4 is 0 Å². The standard InChI is InChI=1S/C23H40O/c1-6-24-19-11-10-17-20-18(12-14-23(17,19)5)22(4)13-8-7-9-16(22)15-21(20,2)3/h16-20H,6-15H2,1-5H3/t16?,17-,18+,19?,20-,22-,23-/m0/s1. The van der Waals surface area contributed by atoms with Gasteiger partial charge in [-0.2, -0.15) is 0 Å². The van der Waals surface area contributed by atoms with Crippen LogP contribution in [0.2, 0.25) is 0 Å². The minimum absolute atomic E-state index is 0.451. The molecule has 4 aliphatic rings. The van der Waals surface area contributed by atoms with Gasteiger partial charge in [-0.15, -0.1) is 0 Å². The third kappa shape index (κ3) is 2.29. The third-order valence-electron chi connectivity index (χ3n) is 9.52. The van der Waals surface area contributed by atoms with Gasteiger partial charge in [0.1, 0.15) is 0 Å². The van der Waals surface area contributed by atoms with Gasteiger partial charge in [-0.1, -0.05) is 40.5 Å². The summed E-state index contributed by atoms with van der Waals surface area (Å²) in [5, 5.41) is 0. The van der Waals surface area contributed by atoms with E-state index in [1.807, 2.05) is 0 Å². The van der Waals surface area contributed by atoms with Gasteiger partial charge < -0.3 is 4.74 Å². The molecule has 4 rings (SSSR count). The van der Waals surface area contributed by atoms with Crippen LogP contribution in [-0.4, -0.2) is 12.7 Å².